The number of aromatic nitrogens is 15. The van der Waals surface area contributed by atoms with Crippen LogP contribution in [0.25, 0.3) is 0 Å². The summed E-state index contributed by atoms with van der Waals surface area (Å²) in [5.41, 5.74) is 12.2. The monoisotopic (exact) mass is 2030 g/mol. The number of esters is 2. The normalized spacial score (nSPS) is 22.6. The van der Waals surface area contributed by atoms with E-state index in [1.807, 2.05) is 132 Å². The minimum Gasteiger partial charge on any atom is -0.466 e. The summed E-state index contributed by atoms with van der Waals surface area (Å²) >= 11 is 0. The number of aliphatic hydroxyl groups excluding tert-OH is 1. The molecule has 9 atom stereocenters. The highest BCUT2D eigenvalue weighted by Gasteiger charge is 2.49. The number of carbonyl (C=O) groups is 2. The van der Waals surface area contributed by atoms with Crippen molar-refractivity contribution in [1.29, 1.82) is 10.5 Å². The summed E-state index contributed by atoms with van der Waals surface area (Å²) in [6, 6.07) is 36.5. The standard InChI is InChI=1S/C24H31N7O2.C23H32N6O2.C22H29N7.C21H29FN6.C21H30N6O/c1-4-33-24(32)20-14-19(15-25)31(23(20)21-7-5-6-8-26-21)16-18-13-22(28-17(2)27-18)30-11-9-29(3)10-12-30;1-4-31-23(30)19-8-10-29(22(19)20-7-5-6-9-24-20)16-18-15-21(26-17(2)25-18)28-13-11-27(3)12-14-28;1-16-6-4-8-24-21(16)20-7-5-9-29(20)15-19-18(14-23)22(26-17(2)25-19)28-12-10-27(3)11-13-28;1-15-6-4-8-23-20(15)18-7-5-9-28(18)14-17-19(22)21(25-16(2)24-17)27-12-10-26(3)11-13-27;1-16-23-18(13-20(24-16)26-11-9-25(2)10-12-26)14-27-8-6-17(15-28)21(27)19-5-3-4-7-22-19/h5-8,13,19-20,23H,4,9-12,14,16H2,1-3H3;5-7,9,15,19,22H,4,8,10-14,16H2,1-3H3;4,6,8,20H,5,7,9-13,15H2,1-3H3;4,6,8,18H,5,7,9-14H2,1-3H3;3-5,7,13,17,21,28H,6,8-12,14-15H2,1-2H3/t19-,20-,23+;19-,22+;20-;18-;17-,21-/m11000/s1. The van der Waals surface area contributed by atoms with Crippen molar-refractivity contribution in [3.8, 4) is 12.1 Å². The fourth-order valence-electron chi connectivity index (χ4n) is 22.4. The molecular weight excluding hydrogens is 1880 g/mol. The molecule has 38 heteroatoms. The Morgan fingerprint density at radius 3 is 1.19 bits per heavy atom. The summed E-state index contributed by atoms with van der Waals surface area (Å²) in [7, 11) is 10.7. The van der Waals surface area contributed by atoms with Gasteiger partial charge in [0, 0.05) is 232 Å². The fourth-order valence-corrected chi connectivity index (χ4v) is 22.4. The van der Waals surface area contributed by atoms with Crippen molar-refractivity contribution in [3.63, 3.8) is 0 Å². The number of hydrogen-bond acceptors (Lipinski definition) is 37. The largest absolute Gasteiger partial charge is 0.466 e. The van der Waals surface area contributed by atoms with E-state index in [1.54, 1.807) is 19.3 Å². The maximum atomic E-state index is 15.4. The topological polar surface area (TPSA) is 362 Å². The van der Waals surface area contributed by atoms with Crippen LogP contribution in [0.5, 0.6) is 0 Å². The van der Waals surface area contributed by atoms with Crippen molar-refractivity contribution in [2.24, 2.45) is 17.8 Å². The highest BCUT2D eigenvalue weighted by Crippen LogP contribution is 2.45. The molecule has 20 heterocycles. The van der Waals surface area contributed by atoms with Gasteiger partial charge in [0.2, 0.25) is 0 Å². The van der Waals surface area contributed by atoms with E-state index >= 15 is 4.39 Å². The Morgan fingerprint density at radius 2 is 0.772 bits per heavy atom. The van der Waals surface area contributed by atoms with Gasteiger partial charge < -0.3 is 63.6 Å². The minimum atomic E-state index is -0.454. The second-order valence-electron chi connectivity index (χ2n) is 41.1. The van der Waals surface area contributed by atoms with Crippen molar-refractivity contribution < 1.29 is 28.6 Å². The zero-order valence-electron chi connectivity index (χ0n) is 89.7. The molecule has 0 saturated carbocycles. The summed E-state index contributed by atoms with van der Waals surface area (Å²) in [4.78, 5) is 129. The quantitative estimate of drug-likeness (QED) is 0.0519. The summed E-state index contributed by atoms with van der Waals surface area (Å²) in [5, 5.41) is 29.8. The molecule has 0 aliphatic carbocycles. The Bertz CT molecular complexity index is 6120. The first-order valence-electron chi connectivity index (χ1n) is 53.4. The molecule has 0 spiro atoms. The van der Waals surface area contributed by atoms with Gasteiger partial charge in [-0.05, 0) is 222 Å². The van der Waals surface area contributed by atoms with Gasteiger partial charge in [-0.15, -0.1) is 0 Å². The first-order chi connectivity index (χ1) is 72.3. The predicted octanol–water partition coefficient (Wildman–Crippen LogP) is 10.7. The Morgan fingerprint density at radius 1 is 0.389 bits per heavy atom. The number of likely N-dealkylation sites (tertiary alicyclic amines) is 5. The molecule has 10 aromatic heterocycles. The van der Waals surface area contributed by atoms with E-state index < -0.39 is 12.0 Å². The number of nitriles is 2. The number of halogens is 1. The van der Waals surface area contributed by atoms with Crippen LogP contribution in [-0.2, 0) is 51.8 Å². The third-order valence-electron chi connectivity index (χ3n) is 30.4. The van der Waals surface area contributed by atoms with E-state index in [2.05, 4.69) is 210 Å². The second-order valence-corrected chi connectivity index (χ2v) is 41.1. The molecular formula is C111H151FN32O5. The van der Waals surface area contributed by atoms with E-state index in [9.17, 15) is 25.2 Å². The van der Waals surface area contributed by atoms with Crippen LogP contribution in [-0.4, -0.2) is 359 Å². The number of aliphatic hydroxyl groups is 1. The van der Waals surface area contributed by atoms with Crippen LogP contribution in [0.3, 0.4) is 0 Å². The number of piperazine rings is 5. The lowest BCUT2D eigenvalue weighted by atomic mass is 9.96. The highest BCUT2D eigenvalue weighted by atomic mass is 19.1. The van der Waals surface area contributed by atoms with E-state index in [-0.39, 0.29) is 66.4 Å². The first kappa shape index (κ1) is 109. The van der Waals surface area contributed by atoms with Crippen molar-refractivity contribution in [1.82, 2.24) is 124 Å². The first-order valence-corrected chi connectivity index (χ1v) is 53.4. The number of carbonyl (C=O) groups excluding carboxylic acids is 2. The SMILES string of the molecule is CCOC(=O)[C@@H]1CCN(Cc2cc(N3CCN(C)CC3)nc(C)n2)[C@@H]1c1ccccn1.CCOC(=O)[C@@H]1C[C@H](C#N)N(Cc2cc(N3CCN(C)CC3)nc(C)n2)[C@@H]1c1ccccn1.Cc1nc(CN2CCC[C@H]2c2ncccc2C)c(C#N)c(N2CCN(C)CC2)n1.Cc1nc(CN2CCC[C@H]2c2ncccc2C)c(F)c(N2CCN(C)CC2)n1.Cc1nc(CN2CC[C@@H](CO)[C@H]2c2ccccn2)cc(N2CCN(C)CC2)n1. The van der Waals surface area contributed by atoms with Crippen molar-refractivity contribution in [3.05, 3.63) is 237 Å². The number of pyridine rings is 5. The molecule has 10 aliphatic heterocycles. The summed E-state index contributed by atoms with van der Waals surface area (Å²) in [6.07, 6.45) is 15.6. The maximum Gasteiger partial charge on any atom is 0.311 e. The summed E-state index contributed by atoms with van der Waals surface area (Å²) in [6.45, 7) is 44.1. The average molecular weight is 2030 g/mol. The van der Waals surface area contributed by atoms with Gasteiger partial charge in [0.15, 0.2) is 17.5 Å². The Balaban J connectivity index is 0.000000133. The van der Waals surface area contributed by atoms with Gasteiger partial charge in [0.1, 0.15) is 58.2 Å². The number of rotatable bonds is 25. The van der Waals surface area contributed by atoms with Crippen LogP contribution in [0, 0.1) is 94.7 Å². The Kier molecular flexibility index (Phi) is 38.4. The average Bonchev–Trinajstić information content (AvgIpc) is 1.66. The Labute approximate surface area is 878 Å². The number of anilines is 5. The number of aryl methyl sites for hydroxylation is 7. The van der Waals surface area contributed by atoms with Crippen LogP contribution in [0.2, 0.25) is 0 Å². The van der Waals surface area contributed by atoms with Crippen LogP contribution < -0.4 is 24.5 Å². The molecule has 10 aliphatic rings. The molecule has 10 aromatic rings. The molecule has 0 amide bonds. The van der Waals surface area contributed by atoms with Gasteiger partial charge in [-0.1, -0.05) is 30.3 Å². The number of nitrogens with zero attached hydrogens (tertiary/aromatic N) is 32. The van der Waals surface area contributed by atoms with E-state index in [1.165, 1.54) is 11.1 Å². The zero-order chi connectivity index (χ0) is 105. The van der Waals surface area contributed by atoms with Crippen molar-refractivity contribution >= 4 is 41.0 Å². The number of likely N-dealkylation sites (N-methyl/N-ethyl adjacent to an activating group) is 5. The molecule has 10 saturated heterocycles. The maximum absolute atomic E-state index is 15.4. The highest BCUT2D eigenvalue weighted by molar-refractivity contribution is 5.75. The molecule has 149 heavy (non-hydrogen) atoms. The van der Waals surface area contributed by atoms with E-state index in [0.717, 1.165) is 294 Å². The van der Waals surface area contributed by atoms with Crippen molar-refractivity contribution in [2.45, 2.75) is 176 Å². The molecule has 20 rings (SSSR count). The zero-order valence-corrected chi connectivity index (χ0v) is 89.7. The summed E-state index contributed by atoms with van der Waals surface area (Å²) < 4.78 is 26.1. The fraction of sp³-hybridized carbons (Fsp3) is 0.559. The molecule has 792 valence electrons. The second kappa shape index (κ2) is 52.3. The van der Waals surface area contributed by atoms with Gasteiger partial charge in [0.05, 0.1) is 124 Å². The van der Waals surface area contributed by atoms with Gasteiger partial charge in [-0.3, -0.25) is 59.0 Å². The van der Waals surface area contributed by atoms with Gasteiger partial charge in [0.25, 0.3) is 0 Å². The molecule has 0 unspecified atom stereocenters. The van der Waals surface area contributed by atoms with Crippen LogP contribution in [0.15, 0.2) is 128 Å². The van der Waals surface area contributed by atoms with E-state index in [0.29, 0.717) is 74.5 Å². The lowest BCUT2D eigenvalue weighted by molar-refractivity contribution is -0.150. The Hall–Kier alpha value is -12.4. The summed E-state index contributed by atoms with van der Waals surface area (Å²) in [5.74, 6) is 6.72. The predicted molar refractivity (Wildman–Crippen MR) is 571 cm³/mol. The van der Waals surface area contributed by atoms with Gasteiger partial charge in [-0.2, -0.15) is 10.5 Å². The lowest BCUT2D eigenvalue weighted by Gasteiger charge is -2.34. The van der Waals surface area contributed by atoms with Crippen LogP contribution in [0.1, 0.15) is 192 Å². The smallest absolute Gasteiger partial charge is 0.311 e. The third-order valence-corrected chi connectivity index (χ3v) is 30.4. The number of ether oxygens (including phenoxy) is 2. The van der Waals surface area contributed by atoms with E-state index in [4.69, 9.17) is 34.4 Å². The minimum absolute atomic E-state index is 0.109. The lowest BCUT2D eigenvalue weighted by Crippen LogP contribution is -2.45. The van der Waals surface area contributed by atoms with Crippen molar-refractivity contribution in [2.75, 3.05) is 237 Å². The van der Waals surface area contributed by atoms with Gasteiger partial charge >= 0.3 is 11.9 Å². The van der Waals surface area contributed by atoms with Crippen LogP contribution >= 0.6 is 0 Å². The molecule has 0 bridgehead atoms. The van der Waals surface area contributed by atoms with Crippen LogP contribution in [0.4, 0.5) is 33.5 Å². The number of hydrogen-bond donors (Lipinski definition) is 1. The third kappa shape index (κ3) is 28.1. The molecule has 0 aromatic carbocycles. The molecule has 0 radical (unpaired) electrons. The molecule has 1 N–H and O–H groups in total. The molecule has 37 nitrogen and oxygen atoms in total. The molecule has 10 fully saturated rings. The van der Waals surface area contributed by atoms with Gasteiger partial charge in [-0.25, -0.2) is 54.2 Å².